The second-order valence-corrected chi connectivity index (χ2v) is 8.62. The maximum atomic E-state index is 12.5. The molecular formula is C27H32NO2+. The molecule has 3 heteroatoms. The van der Waals surface area contributed by atoms with Crippen molar-refractivity contribution in [3.8, 4) is 5.75 Å². The Hall–Kier alpha value is -2.62. The molecule has 2 unspecified atom stereocenters. The highest BCUT2D eigenvalue weighted by atomic mass is 16.5. The molecule has 0 aliphatic carbocycles. The van der Waals surface area contributed by atoms with Gasteiger partial charge in [-0.3, -0.25) is 0 Å². The lowest BCUT2D eigenvalue weighted by Crippen LogP contribution is -3.13. The highest BCUT2D eigenvalue weighted by Crippen LogP contribution is 2.51. The predicted molar refractivity (Wildman–Crippen MR) is 120 cm³/mol. The number of nitrogens with one attached hydrogen (secondary N) is 1. The first-order valence-corrected chi connectivity index (χ1v) is 10.8. The van der Waals surface area contributed by atoms with Crippen LogP contribution in [0, 0.1) is 11.8 Å². The number of hydrogen-bond acceptors (Lipinski definition) is 2. The lowest BCUT2D eigenvalue weighted by Gasteiger charge is -2.53. The fourth-order valence-electron chi connectivity index (χ4n) is 5.79. The minimum Gasteiger partial charge on any atom is -0.496 e. The van der Waals surface area contributed by atoms with E-state index < -0.39 is 5.60 Å². The van der Waals surface area contributed by atoms with Gasteiger partial charge < -0.3 is 14.7 Å². The van der Waals surface area contributed by atoms with Gasteiger partial charge >= 0.3 is 0 Å². The summed E-state index contributed by atoms with van der Waals surface area (Å²) >= 11 is 0. The van der Waals surface area contributed by atoms with E-state index in [4.69, 9.17) is 4.74 Å². The van der Waals surface area contributed by atoms with Crippen LogP contribution in [0.4, 0.5) is 0 Å². The van der Waals surface area contributed by atoms with Crippen LogP contribution in [0.1, 0.15) is 42.6 Å². The van der Waals surface area contributed by atoms with Crippen molar-refractivity contribution in [3.63, 3.8) is 0 Å². The van der Waals surface area contributed by atoms with Crippen molar-refractivity contribution in [3.05, 3.63) is 102 Å². The van der Waals surface area contributed by atoms with Gasteiger partial charge in [-0.15, -0.1) is 0 Å². The van der Waals surface area contributed by atoms with E-state index in [0.717, 1.165) is 11.3 Å². The van der Waals surface area contributed by atoms with Crippen LogP contribution in [-0.4, -0.2) is 19.3 Å². The Bertz CT molecular complexity index is 919. The molecule has 3 aromatic rings. The molecule has 6 atom stereocenters. The van der Waals surface area contributed by atoms with E-state index in [1.54, 1.807) is 7.11 Å². The van der Waals surface area contributed by atoms with Crippen LogP contribution in [0.2, 0.25) is 0 Å². The van der Waals surface area contributed by atoms with E-state index in [1.165, 1.54) is 16.0 Å². The van der Waals surface area contributed by atoms with Crippen molar-refractivity contribution in [1.82, 2.24) is 0 Å². The second kappa shape index (κ2) is 8.25. The molecule has 0 bridgehead atoms. The maximum Gasteiger partial charge on any atom is 0.124 e. The molecule has 0 amide bonds. The van der Waals surface area contributed by atoms with Crippen molar-refractivity contribution in [2.24, 2.45) is 11.8 Å². The Labute approximate surface area is 179 Å². The van der Waals surface area contributed by atoms with Crippen LogP contribution < -0.4 is 9.64 Å². The average molecular weight is 403 g/mol. The minimum absolute atomic E-state index is 0.00818. The molecule has 1 saturated heterocycles. The third-order valence-corrected chi connectivity index (χ3v) is 7.23. The highest BCUT2D eigenvalue weighted by molar-refractivity contribution is 5.41. The van der Waals surface area contributed by atoms with Crippen LogP contribution in [0.5, 0.6) is 5.75 Å². The van der Waals surface area contributed by atoms with Crippen molar-refractivity contribution >= 4 is 0 Å². The van der Waals surface area contributed by atoms with Crippen LogP contribution >= 0.6 is 0 Å². The molecule has 3 nitrogen and oxygen atoms in total. The zero-order chi connectivity index (χ0) is 21.3. The van der Waals surface area contributed by atoms with Crippen LogP contribution in [0.15, 0.2) is 84.9 Å². The first-order valence-electron chi connectivity index (χ1n) is 10.8. The highest BCUT2D eigenvalue weighted by Gasteiger charge is 2.58. The topological polar surface area (TPSA) is 33.9 Å². The molecule has 1 aliphatic rings. The minimum atomic E-state index is -1.03. The lowest BCUT2D eigenvalue weighted by molar-refractivity contribution is -0.962. The van der Waals surface area contributed by atoms with E-state index in [0.29, 0.717) is 0 Å². The Morgan fingerprint density at radius 2 is 1.17 bits per heavy atom. The number of rotatable bonds is 4. The van der Waals surface area contributed by atoms with Gasteiger partial charge in [-0.2, -0.15) is 0 Å². The number of piperidine rings is 1. The van der Waals surface area contributed by atoms with Crippen molar-refractivity contribution < 1.29 is 14.7 Å². The summed E-state index contributed by atoms with van der Waals surface area (Å²) in [7, 11) is 3.95. The van der Waals surface area contributed by atoms with E-state index in [9.17, 15) is 5.11 Å². The van der Waals surface area contributed by atoms with E-state index in [1.807, 2.05) is 24.3 Å². The number of hydrogen-bond donors (Lipinski definition) is 2. The van der Waals surface area contributed by atoms with Gasteiger partial charge in [-0.1, -0.05) is 92.7 Å². The lowest BCUT2D eigenvalue weighted by atomic mass is 9.62. The molecule has 1 aliphatic heterocycles. The number of quaternary nitrogens is 1. The zero-order valence-corrected chi connectivity index (χ0v) is 18.2. The van der Waals surface area contributed by atoms with Gasteiger partial charge in [0.1, 0.15) is 23.4 Å². The zero-order valence-electron chi connectivity index (χ0n) is 18.2. The predicted octanol–water partition coefficient (Wildman–Crippen LogP) is 4.17. The van der Waals surface area contributed by atoms with Gasteiger partial charge in [0.05, 0.1) is 14.2 Å². The normalized spacial score (nSPS) is 31.3. The fraction of sp³-hybridized carbons (Fsp3) is 0.333. The van der Waals surface area contributed by atoms with Crippen LogP contribution in [0.3, 0.4) is 0 Å². The monoisotopic (exact) mass is 402 g/mol. The average Bonchev–Trinajstić information content (AvgIpc) is 2.79. The molecule has 0 radical (unpaired) electrons. The number of benzene rings is 3. The molecular weight excluding hydrogens is 370 g/mol. The summed E-state index contributed by atoms with van der Waals surface area (Å²) in [6, 6.07) is 29.4. The third-order valence-electron chi connectivity index (χ3n) is 7.23. The van der Waals surface area contributed by atoms with Crippen LogP contribution in [0.25, 0.3) is 0 Å². The number of methoxy groups -OCH3 is 1. The SMILES string of the molecule is COc1ccccc1C1(O)[C@H](C)[C@@H](c2ccccc2)[NH+](C)[C@H](c2ccccc2)[C@@H]1C. The smallest absolute Gasteiger partial charge is 0.124 e. The Morgan fingerprint density at radius 1 is 0.733 bits per heavy atom. The molecule has 2 N–H and O–H groups in total. The summed E-state index contributed by atoms with van der Waals surface area (Å²) in [5, 5.41) is 12.5. The first-order chi connectivity index (χ1) is 14.5. The third kappa shape index (κ3) is 3.23. The van der Waals surface area contributed by atoms with Crippen molar-refractivity contribution in [2.45, 2.75) is 31.5 Å². The van der Waals surface area contributed by atoms with Gasteiger partial charge in [-0.25, -0.2) is 0 Å². The van der Waals surface area contributed by atoms with Crippen molar-refractivity contribution in [2.75, 3.05) is 14.2 Å². The second-order valence-electron chi connectivity index (χ2n) is 8.62. The summed E-state index contributed by atoms with van der Waals surface area (Å²) in [6.07, 6.45) is 0. The Kier molecular flexibility index (Phi) is 5.68. The molecule has 1 heterocycles. The maximum absolute atomic E-state index is 12.5. The Balaban J connectivity index is 1.93. The molecule has 30 heavy (non-hydrogen) atoms. The molecule has 1 fully saturated rings. The molecule has 0 aromatic heterocycles. The van der Waals surface area contributed by atoms with Gasteiger partial charge in [0.2, 0.25) is 0 Å². The van der Waals surface area contributed by atoms with E-state index >= 15 is 0 Å². The summed E-state index contributed by atoms with van der Waals surface area (Å²) in [6.45, 7) is 4.37. The first kappa shape index (κ1) is 20.6. The van der Waals surface area contributed by atoms with E-state index in [2.05, 4.69) is 81.6 Å². The molecule has 0 saturated carbocycles. The number of likely N-dealkylation sites (tertiary alicyclic amines) is 1. The molecule has 3 aromatic carbocycles. The number of ether oxygens (including phenoxy) is 1. The largest absolute Gasteiger partial charge is 0.496 e. The van der Waals surface area contributed by atoms with Gasteiger partial charge in [-0.05, 0) is 6.07 Å². The summed E-state index contributed by atoms with van der Waals surface area (Å²) in [4.78, 5) is 1.41. The van der Waals surface area contributed by atoms with Gasteiger partial charge in [0.15, 0.2) is 0 Å². The standard InChI is InChI=1S/C27H31NO2/c1-19-25(21-13-7-5-8-14-21)28(3)26(22-15-9-6-10-16-22)20(2)27(19,29)23-17-11-12-18-24(23)30-4/h5-20,25-26,29H,1-4H3/p+1/t19-,20+,25-,26-,27?/m0/s1. The summed E-state index contributed by atoms with van der Waals surface area (Å²) in [5.74, 6) is 0.731. The summed E-state index contributed by atoms with van der Waals surface area (Å²) in [5.41, 5.74) is 2.35. The number of aliphatic hydroxyl groups is 1. The van der Waals surface area contributed by atoms with Gasteiger partial charge in [0, 0.05) is 28.5 Å². The molecule has 0 spiro atoms. The van der Waals surface area contributed by atoms with E-state index in [-0.39, 0.29) is 23.9 Å². The summed E-state index contributed by atoms with van der Waals surface area (Å²) < 4.78 is 5.70. The van der Waals surface area contributed by atoms with Crippen molar-refractivity contribution in [1.29, 1.82) is 0 Å². The number of para-hydroxylation sites is 1. The molecule has 4 rings (SSSR count). The Morgan fingerprint density at radius 3 is 1.63 bits per heavy atom. The fourth-order valence-corrected chi connectivity index (χ4v) is 5.79. The molecule has 156 valence electrons. The quantitative estimate of drug-likeness (QED) is 0.687. The van der Waals surface area contributed by atoms with Gasteiger partial charge in [0.25, 0.3) is 0 Å². The van der Waals surface area contributed by atoms with Crippen LogP contribution in [-0.2, 0) is 5.60 Å².